The molecule has 0 radical (unpaired) electrons. The van der Waals surface area contributed by atoms with Crippen LogP contribution >= 0.6 is 0 Å². The van der Waals surface area contributed by atoms with E-state index in [-0.39, 0.29) is 11.9 Å². The number of amides is 1. The number of carbonyl (C=O) groups is 1. The Morgan fingerprint density at radius 3 is 2.59 bits per heavy atom. The summed E-state index contributed by atoms with van der Waals surface area (Å²) in [5.41, 5.74) is 4.75. The molecule has 140 valence electrons. The zero-order valence-electron chi connectivity index (χ0n) is 16.4. The number of fused-ring (bicyclic) bond motifs is 1. The van der Waals surface area contributed by atoms with Gasteiger partial charge in [0, 0.05) is 20.0 Å². The maximum absolute atomic E-state index is 12.1. The molecule has 2 aromatic carbocycles. The Labute approximate surface area is 160 Å². The lowest BCUT2D eigenvalue weighted by Crippen LogP contribution is -2.30. The first kappa shape index (κ1) is 17.8. The Kier molecular flexibility index (Phi) is 4.73. The first-order valence-electron chi connectivity index (χ1n) is 9.86. The van der Waals surface area contributed by atoms with Gasteiger partial charge >= 0.3 is 0 Å². The first-order valence-corrected chi connectivity index (χ1v) is 9.86. The second-order valence-electron chi connectivity index (χ2n) is 7.81. The minimum absolute atomic E-state index is 0.0739. The zero-order valence-corrected chi connectivity index (χ0v) is 16.4. The topological polar surface area (TPSA) is 38.1 Å². The van der Waals surface area contributed by atoms with Gasteiger partial charge in [-0.1, -0.05) is 50.2 Å². The van der Waals surface area contributed by atoms with Crippen LogP contribution in [0.15, 0.2) is 48.5 Å². The minimum Gasteiger partial charge on any atom is -0.333 e. The van der Waals surface area contributed by atoms with Gasteiger partial charge in [0.05, 0.1) is 17.1 Å². The zero-order chi connectivity index (χ0) is 19.0. The predicted molar refractivity (Wildman–Crippen MR) is 109 cm³/mol. The molecule has 1 aromatic heterocycles. The molecule has 1 aliphatic heterocycles. The molecule has 4 rings (SSSR count). The van der Waals surface area contributed by atoms with Crippen LogP contribution in [0.3, 0.4) is 0 Å². The van der Waals surface area contributed by atoms with Crippen molar-refractivity contribution in [2.45, 2.75) is 52.1 Å². The molecule has 1 aliphatic rings. The van der Waals surface area contributed by atoms with Crippen molar-refractivity contribution in [3.8, 4) is 0 Å². The van der Waals surface area contributed by atoms with Gasteiger partial charge in [-0.3, -0.25) is 4.79 Å². The fourth-order valence-corrected chi connectivity index (χ4v) is 4.12. The molecule has 1 atom stereocenters. The van der Waals surface area contributed by atoms with Crippen LogP contribution in [0.2, 0.25) is 0 Å². The van der Waals surface area contributed by atoms with Gasteiger partial charge in [0.1, 0.15) is 5.82 Å². The van der Waals surface area contributed by atoms with Crippen LogP contribution in [0.4, 0.5) is 0 Å². The van der Waals surface area contributed by atoms with Crippen LogP contribution in [0.5, 0.6) is 0 Å². The van der Waals surface area contributed by atoms with E-state index in [2.05, 4.69) is 60.9 Å². The molecule has 3 aromatic rings. The molecule has 4 heteroatoms. The number of hydrogen-bond acceptors (Lipinski definition) is 2. The number of rotatable bonds is 4. The van der Waals surface area contributed by atoms with E-state index in [4.69, 9.17) is 4.98 Å². The summed E-state index contributed by atoms with van der Waals surface area (Å²) in [7, 11) is 0. The highest BCUT2D eigenvalue weighted by Crippen LogP contribution is 2.34. The third kappa shape index (κ3) is 3.36. The molecule has 1 fully saturated rings. The van der Waals surface area contributed by atoms with Crippen molar-refractivity contribution in [2.24, 2.45) is 0 Å². The third-order valence-corrected chi connectivity index (χ3v) is 5.63. The standard InChI is InChI=1S/C23H27N3O/c1-16(2)19-12-10-18(11-13-19)15-26-21-8-5-4-7-20(21)24-23(26)22-9-6-14-25(22)17(3)27/h4-5,7-8,10-13,16,22H,6,9,14-15H2,1-3H3/t22-/m0/s1. The van der Waals surface area contributed by atoms with Crippen molar-refractivity contribution >= 4 is 16.9 Å². The Balaban J connectivity index is 1.75. The Bertz CT molecular complexity index is 955. The van der Waals surface area contributed by atoms with Gasteiger partial charge in [-0.2, -0.15) is 0 Å². The highest BCUT2D eigenvalue weighted by molar-refractivity contribution is 5.77. The Morgan fingerprint density at radius 1 is 1.15 bits per heavy atom. The second-order valence-corrected chi connectivity index (χ2v) is 7.81. The van der Waals surface area contributed by atoms with E-state index >= 15 is 0 Å². The highest BCUT2D eigenvalue weighted by Gasteiger charge is 2.32. The summed E-state index contributed by atoms with van der Waals surface area (Å²) in [6, 6.07) is 17.2. The molecule has 27 heavy (non-hydrogen) atoms. The molecular weight excluding hydrogens is 334 g/mol. The van der Waals surface area contributed by atoms with Gasteiger partial charge in [0.15, 0.2) is 0 Å². The molecule has 0 spiro atoms. The normalized spacial score (nSPS) is 17.2. The monoisotopic (exact) mass is 361 g/mol. The minimum atomic E-state index is 0.0739. The molecule has 0 N–H and O–H groups in total. The van der Waals surface area contributed by atoms with Crippen molar-refractivity contribution in [1.29, 1.82) is 0 Å². The quantitative estimate of drug-likeness (QED) is 0.663. The van der Waals surface area contributed by atoms with E-state index in [1.807, 2.05) is 11.0 Å². The van der Waals surface area contributed by atoms with Gasteiger partial charge in [-0.15, -0.1) is 0 Å². The van der Waals surface area contributed by atoms with Crippen LogP contribution in [-0.4, -0.2) is 26.9 Å². The van der Waals surface area contributed by atoms with Gasteiger partial charge in [-0.05, 0) is 42.0 Å². The number of nitrogens with zero attached hydrogens (tertiary/aromatic N) is 3. The van der Waals surface area contributed by atoms with Crippen LogP contribution < -0.4 is 0 Å². The summed E-state index contributed by atoms with van der Waals surface area (Å²) in [4.78, 5) is 19.0. The maximum atomic E-state index is 12.1. The highest BCUT2D eigenvalue weighted by atomic mass is 16.2. The summed E-state index contributed by atoms with van der Waals surface area (Å²) in [5.74, 6) is 1.68. The fraction of sp³-hybridized carbons (Fsp3) is 0.391. The Morgan fingerprint density at radius 2 is 1.89 bits per heavy atom. The van der Waals surface area contributed by atoms with Gasteiger partial charge in [0.2, 0.25) is 5.91 Å². The molecule has 4 nitrogen and oxygen atoms in total. The molecular formula is C23H27N3O. The predicted octanol–water partition coefficient (Wildman–Crippen LogP) is 4.89. The summed E-state index contributed by atoms with van der Waals surface area (Å²) >= 11 is 0. The first-order chi connectivity index (χ1) is 13.0. The summed E-state index contributed by atoms with van der Waals surface area (Å²) in [6.45, 7) is 7.69. The van der Waals surface area contributed by atoms with Crippen LogP contribution in [0.25, 0.3) is 11.0 Å². The van der Waals surface area contributed by atoms with Gasteiger partial charge in [0.25, 0.3) is 0 Å². The summed E-state index contributed by atoms with van der Waals surface area (Å²) in [6.07, 6.45) is 2.02. The number of imidazole rings is 1. The molecule has 0 bridgehead atoms. The largest absolute Gasteiger partial charge is 0.333 e. The molecule has 1 saturated heterocycles. The van der Waals surface area contributed by atoms with E-state index < -0.39 is 0 Å². The van der Waals surface area contributed by atoms with E-state index in [9.17, 15) is 4.79 Å². The number of benzene rings is 2. The van der Waals surface area contributed by atoms with Crippen molar-refractivity contribution in [3.05, 3.63) is 65.5 Å². The van der Waals surface area contributed by atoms with Crippen molar-refractivity contribution in [1.82, 2.24) is 14.5 Å². The summed E-state index contributed by atoms with van der Waals surface area (Å²) in [5, 5.41) is 0. The molecule has 0 unspecified atom stereocenters. The lowest BCUT2D eigenvalue weighted by molar-refractivity contribution is -0.129. The van der Waals surface area contributed by atoms with Gasteiger partial charge < -0.3 is 9.47 Å². The smallest absolute Gasteiger partial charge is 0.220 e. The van der Waals surface area contributed by atoms with Crippen LogP contribution in [0.1, 0.15) is 62.5 Å². The number of para-hydroxylation sites is 2. The third-order valence-electron chi connectivity index (χ3n) is 5.63. The van der Waals surface area contributed by atoms with Crippen molar-refractivity contribution < 1.29 is 4.79 Å². The van der Waals surface area contributed by atoms with E-state index in [1.54, 1.807) is 6.92 Å². The molecule has 0 aliphatic carbocycles. The number of likely N-dealkylation sites (tertiary alicyclic amines) is 1. The van der Waals surface area contributed by atoms with E-state index in [1.165, 1.54) is 11.1 Å². The summed E-state index contributed by atoms with van der Waals surface area (Å²) < 4.78 is 2.30. The van der Waals surface area contributed by atoms with Crippen molar-refractivity contribution in [2.75, 3.05) is 6.54 Å². The molecule has 1 amide bonds. The average molecular weight is 361 g/mol. The number of hydrogen-bond donors (Lipinski definition) is 0. The van der Waals surface area contributed by atoms with E-state index in [0.29, 0.717) is 5.92 Å². The second kappa shape index (κ2) is 7.18. The lowest BCUT2D eigenvalue weighted by atomic mass is 10.0. The molecule has 2 heterocycles. The average Bonchev–Trinajstić information content (AvgIpc) is 3.27. The molecule has 0 saturated carbocycles. The van der Waals surface area contributed by atoms with Gasteiger partial charge in [-0.25, -0.2) is 4.98 Å². The lowest BCUT2D eigenvalue weighted by Gasteiger charge is -2.24. The SMILES string of the molecule is CC(=O)N1CCC[C@H]1c1nc2ccccc2n1Cc1ccc(C(C)C)cc1. The number of carbonyl (C=O) groups excluding carboxylic acids is 1. The van der Waals surface area contributed by atoms with Crippen LogP contribution in [0, 0.1) is 0 Å². The Hall–Kier alpha value is -2.62. The maximum Gasteiger partial charge on any atom is 0.220 e. The van der Waals surface area contributed by atoms with Crippen molar-refractivity contribution in [3.63, 3.8) is 0 Å². The number of aromatic nitrogens is 2. The van der Waals surface area contributed by atoms with Crippen LogP contribution in [-0.2, 0) is 11.3 Å². The fourth-order valence-electron chi connectivity index (χ4n) is 4.12. The van der Waals surface area contributed by atoms with E-state index in [0.717, 1.165) is 42.8 Å².